The third kappa shape index (κ3) is 4.67. The SMILES string of the molecule is CC(C)NC(C)(CO)CCN(C)c1ccccc1. The van der Waals surface area contributed by atoms with Crippen LogP contribution in [0.5, 0.6) is 0 Å². The molecule has 0 amide bonds. The highest BCUT2D eigenvalue weighted by Crippen LogP contribution is 2.15. The summed E-state index contributed by atoms with van der Waals surface area (Å²) in [6.45, 7) is 7.37. The third-order valence-corrected chi connectivity index (χ3v) is 3.18. The van der Waals surface area contributed by atoms with Gasteiger partial charge in [0.1, 0.15) is 0 Å². The molecule has 0 saturated carbocycles. The molecule has 1 aromatic rings. The second-order valence-electron chi connectivity index (χ2n) is 5.52. The Morgan fingerprint density at radius 3 is 2.39 bits per heavy atom. The van der Waals surface area contributed by atoms with Crippen molar-refractivity contribution in [2.45, 2.75) is 38.8 Å². The molecule has 0 aromatic heterocycles. The lowest BCUT2D eigenvalue weighted by molar-refractivity contribution is 0.158. The number of aliphatic hydroxyl groups is 1. The van der Waals surface area contributed by atoms with Crippen molar-refractivity contribution in [2.75, 3.05) is 25.1 Å². The molecule has 0 bridgehead atoms. The fraction of sp³-hybridized carbons (Fsp3) is 0.600. The van der Waals surface area contributed by atoms with Gasteiger partial charge < -0.3 is 15.3 Å². The van der Waals surface area contributed by atoms with Gasteiger partial charge in [-0.05, 0) is 25.5 Å². The summed E-state index contributed by atoms with van der Waals surface area (Å²) in [5, 5.41) is 13.0. The van der Waals surface area contributed by atoms with Crippen LogP contribution in [-0.2, 0) is 0 Å². The molecule has 1 unspecified atom stereocenters. The van der Waals surface area contributed by atoms with Crippen LogP contribution in [0.1, 0.15) is 27.2 Å². The van der Waals surface area contributed by atoms with E-state index in [0.29, 0.717) is 6.04 Å². The number of rotatable bonds is 7. The number of nitrogens with one attached hydrogen (secondary N) is 1. The molecule has 0 spiro atoms. The summed E-state index contributed by atoms with van der Waals surface area (Å²) in [4.78, 5) is 2.22. The molecule has 2 N–H and O–H groups in total. The van der Waals surface area contributed by atoms with Crippen molar-refractivity contribution in [2.24, 2.45) is 0 Å². The second kappa shape index (κ2) is 6.76. The maximum Gasteiger partial charge on any atom is 0.0611 e. The van der Waals surface area contributed by atoms with Crippen molar-refractivity contribution in [1.82, 2.24) is 5.32 Å². The predicted octanol–water partition coefficient (Wildman–Crippen LogP) is 2.26. The summed E-state index contributed by atoms with van der Waals surface area (Å²) in [6.07, 6.45) is 0.910. The fourth-order valence-corrected chi connectivity index (χ4v) is 2.12. The average molecular weight is 250 g/mol. The Morgan fingerprint density at radius 1 is 1.28 bits per heavy atom. The minimum Gasteiger partial charge on any atom is -0.394 e. The normalized spacial score (nSPS) is 14.6. The number of anilines is 1. The number of para-hydroxylation sites is 1. The fourth-order valence-electron chi connectivity index (χ4n) is 2.12. The lowest BCUT2D eigenvalue weighted by Crippen LogP contribution is -2.50. The Kier molecular flexibility index (Phi) is 5.63. The molecule has 0 aliphatic carbocycles. The maximum absolute atomic E-state index is 9.54. The molecular formula is C15H26N2O. The predicted molar refractivity (Wildman–Crippen MR) is 78.1 cm³/mol. The van der Waals surface area contributed by atoms with Gasteiger partial charge in [-0.15, -0.1) is 0 Å². The van der Waals surface area contributed by atoms with Crippen LogP contribution in [0.25, 0.3) is 0 Å². The topological polar surface area (TPSA) is 35.5 Å². The van der Waals surface area contributed by atoms with Gasteiger partial charge in [0.2, 0.25) is 0 Å². The van der Waals surface area contributed by atoms with E-state index < -0.39 is 0 Å². The van der Waals surface area contributed by atoms with Gasteiger partial charge in [0.25, 0.3) is 0 Å². The van der Waals surface area contributed by atoms with Crippen LogP contribution < -0.4 is 10.2 Å². The minimum absolute atomic E-state index is 0.161. The van der Waals surface area contributed by atoms with Crippen LogP contribution in [0.2, 0.25) is 0 Å². The Hall–Kier alpha value is -1.06. The summed E-state index contributed by atoms with van der Waals surface area (Å²) in [6, 6.07) is 10.7. The van der Waals surface area contributed by atoms with Crippen LogP contribution in [0.15, 0.2) is 30.3 Å². The molecule has 0 heterocycles. The Labute approximate surface area is 111 Å². The average Bonchev–Trinajstić information content (AvgIpc) is 2.36. The van der Waals surface area contributed by atoms with E-state index in [1.54, 1.807) is 0 Å². The van der Waals surface area contributed by atoms with Gasteiger partial charge in [0.05, 0.1) is 6.61 Å². The van der Waals surface area contributed by atoms with Crippen molar-refractivity contribution in [3.63, 3.8) is 0 Å². The number of hydrogen-bond donors (Lipinski definition) is 2. The first-order valence-electron chi connectivity index (χ1n) is 6.61. The van der Waals surface area contributed by atoms with E-state index in [1.165, 1.54) is 5.69 Å². The van der Waals surface area contributed by atoms with Crippen molar-refractivity contribution in [3.05, 3.63) is 30.3 Å². The molecule has 0 aliphatic rings. The first-order chi connectivity index (χ1) is 8.47. The lowest BCUT2D eigenvalue weighted by Gasteiger charge is -2.33. The zero-order chi connectivity index (χ0) is 13.6. The number of nitrogens with zero attached hydrogens (tertiary/aromatic N) is 1. The zero-order valence-corrected chi connectivity index (χ0v) is 12.0. The first-order valence-corrected chi connectivity index (χ1v) is 6.61. The molecule has 1 aromatic carbocycles. The van der Waals surface area contributed by atoms with Crippen molar-refractivity contribution >= 4 is 5.69 Å². The number of benzene rings is 1. The summed E-state index contributed by atoms with van der Waals surface area (Å²) in [5.41, 5.74) is 0.999. The van der Waals surface area contributed by atoms with E-state index in [9.17, 15) is 5.11 Å². The lowest BCUT2D eigenvalue weighted by atomic mass is 9.97. The summed E-state index contributed by atoms with van der Waals surface area (Å²) < 4.78 is 0. The summed E-state index contributed by atoms with van der Waals surface area (Å²) in [5.74, 6) is 0. The standard InChI is InChI=1S/C15H26N2O/c1-13(2)16-15(3,12-18)10-11-17(4)14-8-6-5-7-9-14/h5-9,13,16,18H,10-12H2,1-4H3. The smallest absolute Gasteiger partial charge is 0.0611 e. The third-order valence-electron chi connectivity index (χ3n) is 3.18. The maximum atomic E-state index is 9.54. The van der Waals surface area contributed by atoms with Crippen LogP contribution in [0.3, 0.4) is 0 Å². The summed E-state index contributed by atoms with van der Waals surface area (Å²) in [7, 11) is 2.09. The molecule has 1 rings (SSSR count). The van der Waals surface area contributed by atoms with Crippen molar-refractivity contribution in [3.8, 4) is 0 Å². The molecule has 18 heavy (non-hydrogen) atoms. The Bertz CT molecular complexity index is 340. The van der Waals surface area contributed by atoms with Gasteiger partial charge in [0.15, 0.2) is 0 Å². The molecular weight excluding hydrogens is 224 g/mol. The highest BCUT2D eigenvalue weighted by atomic mass is 16.3. The summed E-state index contributed by atoms with van der Waals surface area (Å²) >= 11 is 0. The molecule has 0 fully saturated rings. The molecule has 0 saturated heterocycles. The molecule has 1 atom stereocenters. The highest BCUT2D eigenvalue weighted by Gasteiger charge is 2.24. The zero-order valence-electron chi connectivity index (χ0n) is 12.0. The Morgan fingerprint density at radius 2 is 1.89 bits per heavy atom. The van der Waals surface area contributed by atoms with Crippen LogP contribution >= 0.6 is 0 Å². The van der Waals surface area contributed by atoms with Crippen LogP contribution in [-0.4, -0.2) is 36.9 Å². The van der Waals surface area contributed by atoms with E-state index in [4.69, 9.17) is 0 Å². The molecule has 102 valence electrons. The van der Waals surface area contributed by atoms with E-state index >= 15 is 0 Å². The van der Waals surface area contributed by atoms with E-state index in [1.807, 2.05) is 18.2 Å². The van der Waals surface area contributed by atoms with Crippen molar-refractivity contribution < 1.29 is 5.11 Å². The molecule has 0 aliphatic heterocycles. The van der Waals surface area contributed by atoms with Gasteiger partial charge >= 0.3 is 0 Å². The van der Waals surface area contributed by atoms with Gasteiger partial charge in [-0.2, -0.15) is 0 Å². The van der Waals surface area contributed by atoms with Gasteiger partial charge in [0, 0.05) is 30.9 Å². The van der Waals surface area contributed by atoms with E-state index in [-0.39, 0.29) is 12.1 Å². The minimum atomic E-state index is -0.211. The van der Waals surface area contributed by atoms with Crippen LogP contribution in [0, 0.1) is 0 Å². The van der Waals surface area contributed by atoms with Crippen molar-refractivity contribution in [1.29, 1.82) is 0 Å². The molecule has 0 radical (unpaired) electrons. The van der Waals surface area contributed by atoms with Gasteiger partial charge in [-0.25, -0.2) is 0 Å². The number of hydrogen-bond acceptors (Lipinski definition) is 3. The molecule has 3 nitrogen and oxygen atoms in total. The number of aliphatic hydroxyl groups excluding tert-OH is 1. The van der Waals surface area contributed by atoms with Crippen LogP contribution in [0.4, 0.5) is 5.69 Å². The Balaban J connectivity index is 2.53. The first kappa shape index (κ1) is 15.0. The second-order valence-corrected chi connectivity index (χ2v) is 5.52. The van der Waals surface area contributed by atoms with E-state index in [0.717, 1.165) is 13.0 Å². The van der Waals surface area contributed by atoms with Gasteiger partial charge in [-0.3, -0.25) is 0 Å². The molecule has 3 heteroatoms. The monoisotopic (exact) mass is 250 g/mol. The van der Waals surface area contributed by atoms with Gasteiger partial charge in [-0.1, -0.05) is 32.0 Å². The quantitative estimate of drug-likeness (QED) is 0.779. The highest BCUT2D eigenvalue weighted by molar-refractivity contribution is 5.44. The largest absolute Gasteiger partial charge is 0.394 e. The van der Waals surface area contributed by atoms with E-state index in [2.05, 4.69) is 50.2 Å².